The quantitative estimate of drug-likeness (QED) is 0.884. The molecule has 0 aromatic carbocycles. The Morgan fingerprint density at radius 1 is 1.18 bits per heavy atom. The number of aromatic nitrogens is 4. The summed E-state index contributed by atoms with van der Waals surface area (Å²) in [6.07, 6.45) is 8.37. The van der Waals surface area contributed by atoms with Gasteiger partial charge in [0.1, 0.15) is 0 Å². The second-order valence-corrected chi connectivity index (χ2v) is 7.58. The molecule has 4 bridgehead atoms. The third-order valence-corrected chi connectivity index (χ3v) is 6.39. The molecule has 116 valence electrons. The van der Waals surface area contributed by atoms with Gasteiger partial charge in [-0.05, 0) is 61.7 Å². The van der Waals surface area contributed by atoms with Gasteiger partial charge in [0.05, 0.1) is 6.33 Å². The minimum atomic E-state index is -0.0752. The molecular formula is C16H21N5O. The molecule has 0 amide bonds. The molecule has 0 radical (unpaired) electrons. The molecule has 4 aliphatic carbocycles. The van der Waals surface area contributed by atoms with Gasteiger partial charge >= 0.3 is 0 Å². The first-order valence-corrected chi connectivity index (χ1v) is 8.38. The van der Waals surface area contributed by atoms with Crippen LogP contribution in [0.15, 0.2) is 11.1 Å². The minimum absolute atomic E-state index is 0.0752. The molecule has 6 heteroatoms. The van der Waals surface area contributed by atoms with E-state index in [4.69, 9.17) is 5.73 Å². The molecule has 4 aliphatic rings. The summed E-state index contributed by atoms with van der Waals surface area (Å²) in [5.74, 6) is 4.34. The Labute approximate surface area is 128 Å². The smallest absolute Gasteiger partial charge is 0.280 e. The summed E-state index contributed by atoms with van der Waals surface area (Å²) < 4.78 is 1.67. The monoisotopic (exact) mass is 299 g/mol. The number of rotatable bonds is 2. The Morgan fingerprint density at radius 2 is 1.86 bits per heavy atom. The van der Waals surface area contributed by atoms with Gasteiger partial charge in [0.2, 0.25) is 5.95 Å². The standard InChI is InChI=1S/C16H21N5O/c17-16-20-14-13(18-7-19-14)15(22)21(16)6-12-10-2-8-1-9(4-10)5-11(12)3-8/h7-12H,1-6H2,(H2,17,20)(H,18,19). The van der Waals surface area contributed by atoms with Crippen LogP contribution in [0.25, 0.3) is 11.2 Å². The zero-order chi connectivity index (χ0) is 14.8. The molecule has 2 aromatic rings. The maximum absolute atomic E-state index is 12.6. The third kappa shape index (κ3) is 1.69. The van der Waals surface area contributed by atoms with Gasteiger partial charge in [-0.1, -0.05) is 0 Å². The first kappa shape index (κ1) is 12.7. The summed E-state index contributed by atoms with van der Waals surface area (Å²) in [5, 5.41) is 0. The van der Waals surface area contributed by atoms with Crippen LogP contribution in [0.4, 0.5) is 5.95 Å². The molecule has 6 nitrogen and oxygen atoms in total. The highest BCUT2D eigenvalue weighted by molar-refractivity contribution is 5.69. The number of nitrogens with one attached hydrogen (secondary N) is 1. The molecule has 0 aliphatic heterocycles. The van der Waals surface area contributed by atoms with E-state index in [1.54, 1.807) is 4.57 Å². The predicted molar refractivity (Wildman–Crippen MR) is 83.1 cm³/mol. The van der Waals surface area contributed by atoms with Gasteiger partial charge in [0.25, 0.3) is 5.56 Å². The Hall–Kier alpha value is -1.85. The van der Waals surface area contributed by atoms with E-state index in [-0.39, 0.29) is 5.56 Å². The summed E-state index contributed by atoms with van der Waals surface area (Å²) in [4.78, 5) is 23.9. The Morgan fingerprint density at radius 3 is 2.55 bits per heavy atom. The molecule has 0 atom stereocenters. The van der Waals surface area contributed by atoms with Crippen molar-refractivity contribution in [3.63, 3.8) is 0 Å². The molecule has 6 rings (SSSR count). The third-order valence-electron chi connectivity index (χ3n) is 6.39. The van der Waals surface area contributed by atoms with Crippen LogP contribution < -0.4 is 11.3 Å². The number of fused-ring (bicyclic) bond motifs is 1. The molecular weight excluding hydrogens is 278 g/mol. The second-order valence-electron chi connectivity index (χ2n) is 7.58. The molecule has 3 N–H and O–H groups in total. The lowest BCUT2D eigenvalue weighted by Crippen LogP contribution is -2.47. The summed E-state index contributed by atoms with van der Waals surface area (Å²) in [5.41, 5.74) is 6.86. The van der Waals surface area contributed by atoms with Crippen LogP contribution in [0.3, 0.4) is 0 Å². The van der Waals surface area contributed by atoms with Crippen molar-refractivity contribution >= 4 is 17.1 Å². The van der Waals surface area contributed by atoms with Crippen molar-refractivity contribution < 1.29 is 0 Å². The van der Waals surface area contributed by atoms with Gasteiger partial charge in [-0.15, -0.1) is 0 Å². The number of nitrogens with two attached hydrogens (primary N) is 1. The lowest BCUT2D eigenvalue weighted by Gasteiger charge is -2.54. The number of hydrogen-bond acceptors (Lipinski definition) is 4. The molecule has 0 unspecified atom stereocenters. The fourth-order valence-electron chi connectivity index (χ4n) is 5.66. The summed E-state index contributed by atoms with van der Waals surface area (Å²) >= 11 is 0. The van der Waals surface area contributed by atoms with E-state index >= 15 is 0 Å². The van der Waals surface area contributed by atoms with Crippen molar-refractivity contribution in [2.24, 2.45) is 29.6 Å². The highest BCUT2D eigenvalue weighted by Crippen LogP contribution is 2.56. The van der Waals surface area contributed by atoms with E-state index in [1.807, 2.05) is 0 Å². The van der Waals surface area contributed by atoms with Gasteiger partial charge in [-0.25, -0.2) is 4.98 Å². The number of imidazole rings is 1. The molecule has 4 saturated carbocycles. The molecule has 2 heterocycles. The van der Waals surface area contributed by atoms with E-state index in [9.17, 15) is 4.79 Å². The molecule has 22 heavy (non-hydrogen) atoms. The summed E-state index contributed by atoms with van der Waals surface area (Å²) in [6, 6.07) is 0. The van der Waals surface area contributed by atoms with Crippen molar-refractivity contribution in [2.45, 2.75) is 38.6 Å². The zero-order valence-electron chi connectivity index (χ0n) is 12.5. The fourth-order valence-corrected chi connectivity index (χ4v) is 5.66. The number of anilines is 1. The van der Waals surface area contributed by atoms with Gasteiger partial charge in [0.15, 0.2) is 11.2 Å². The highest BCUT2D eigenvalue weighted by Gasteiger charge is 2.48. The first-order valence-electron chi connectivity index (χ1n) is 8.38. The van der Waals surface area contributed by atoms with Crippen LogP contribution in [0.5, 0.6) is 0 Å². The fraction of sp³-hybridized carbons (Fsp3) is 0.688. The Balaban J connectivity index is 1.52. The summed E-state index contributed by atoms with van der Waals surface area (Å²) in [6.45, 7) is 0.724. The minimum Gasteiger partial charge on any atom is -0.369 e. The number of aromatic amines is 1. The molecule has 0 saturated heterocycles. The van der Waals surface area contributed by atoms with Crippen molar-refractivity contribution in [3.8, 4) is 0 Å². The number of hydrogen-bond donors (Lipinski definition) is 2. The number of nitrogen functional groups attached to an aromatic ring is 1. The average molecular weight is 299 g/mol. The Kier molecular flexibility index (Phi) is 2.50. The van der Waals surface area contributed by atoms with Gasteiger partial charge in [-0.3, -0.25) is 9.36 Å². The topological polar surface area (TPSA) is 89.6 Å². The van der Waals surface area contributed by atoms with Crippen LogP contribution in [-0.2, 0) is 6.54 Å². The van der Waals surface area contributed by atoms with Gasteiger partial charge in [-0.2, -0.15) is 4.98 Å². The summed E-state index contributed by atoms with van der Waals surface area (Å²) in [7, 11) is 0. The van der Waals surface area contributed by atoms with Crippen molar-refractivity contribution in [3.05, 3.63) is 16.7 Å². The first-order chi connectivity index (χ1) is 10.7. The van der Waals surface area contributed by atoms with Gasteiger partial charge in [0, 0.05) is 6.54 Å². The normalized spacial score (nSPS) is 36.3. The molecule has 2 aromatic heterocycles. The lowest BCUT2D eigenvalue weighted by atomic mass is 9.52. The average Bonchev–Trinajstić information content (AvgIpc) is 2.93. The van der Waals surface area contributed by atoms with Crippen LogP contribution in [-0.4, -0.2) is 19.5 Å². The number of nitrogens with zero attached hydrogens (tertiary/aromatic N) is 3. The molecule has 4 fully saturated rings. The van der Waals surface area contributed by atoms with Crippen LogP contribution in [0.2, 0.25) is 0 Å². The van der Waals surface area contributed by atoms with E-state index in [0.29, 0.717) is 23.0 Å². The van der Waals surface area contributed by atoms with Crippen LogP contribution >= 0.6 is 0 Å². The maximum atomic E-state index is 12.6. The zero-order valence-corrected chi connectivity index (χ0v) is 12.5. The molecule has 0 spiro atoms. The SMILES string of the molecule is Nc1nc2nc[nH]c2c(=O)n1CC1C2CC3CC(C2)CC1C3. The number of H-pyrrole nitrogens is 1. The second kappa shape index (κ2) is 4.33. The van der Waals surface area contributed by atoms with Crippen LogP contribution in [0, 0.1) is 29.6 Å². The van der Waals surface area contributed by atoms with Crippen LogP contribution in [0.1, 0.15) is 32.1 Å². The Bertz CT molecular complexity index is 763. The van der Waals surface area contributed by atoms with E-state index < -0.39 is 0 Å². The van der Waals surface area contributed by atoms with E-state index in [1.165, 1.54) is 38.4 Å². The maximum Gasteiger partial charge on any atom is 0.280 e. The largest absolute Gasteiger partial charge is 0.369 e. The van der Waals surface area contributed by atoms with E-state index in [2.05, 4.69) is 15.0 Å². The van der Waals surface area contributed by atoms with E-state index in [0.717, 1.165) is 30.2 Å². The van der Waals surface area contributed by atoms with Crippen molar-refractivity contribution in [2.75, 3.05) is 5.73 Å². The van der Waals surface area contributed by atoms with Crippen molar-refractivity contribution in [1.82, 2.24) is 19.5 Å². The predicted octanol–water partition coefficient (Wildman–Crippen LogP) is 1.77. The van der Waals surface area contributed by atoms with Crippen molar-refractivity contribution in [1.29, 1.82) is 0 Å². The van der Waals surface area contributed by atoms with Gasteiger partial charge < -0.3 is 10.7 Å². The lowest BCUT2D eigenvalue weighted by molar-refractivity contribution is -0.0431. The highest BCUT2D eigenvalue weighted by atomic mass is 16.1.